The third-order valence-corrected chi connectivity index (χ3v) is 0.595. The van der Waals surface area contributed by atoms with Gasteiger partial charge >= 0.3 is 0 Å². The Morgan fingerprint density at radius 2 is 2.00 bits per heavy atom. The maximum atomic E-state index is 4.94. The fraction of sp³-hybridized carbons (Fsp3) is 1.00. The Hall–Kier alpha value is 0.460. The summed E-state index contributed by atoms with van der Waals surface area (Å²) < 4.78 is 4.93. The van der Waals surface area contributed by atoms with E-state index >= 15 is 0 Å². The molecule has 0 unspecified atom stereocenters. The second-order valence-corrected chi connectivity index (χ2v) is 1.15. The van der Waals surface area contributed by atoms with Gasteiger partial charge in [0, 0.05) is 13.2 Å². The molecule has 0 aromatic carbocycles. The second kappa shape index (κ2) is 15.8. The molecule has 5 heteroatoms. The molecule has 0 radical (unpaired) electrons. The summed E-state index contributed by atoms with van der Waals surface area (Å²) in [5.74, 6) is 4.94. The van der Waals surface area contributed by atoms with Crippen LogP contribution in [0.2, 0.25) is 0 Å². The van der Waals surface area contributed by atoms with Crippen LogP contribution in [0.3, 0.4) is 0 Å². The molecule has 0 aliphatic heterocycles. The number of hydrogen-bond donors (Lipinski definition) is 2. The van der Waals surface area contributed by atoms with Gasteiger partial charge in [0.25, 0.3) is 0 Å². The van der Waals surface area contributed by atoms with Crippen molar-refractivity contribution in [1.82, 2.24) is 5.43 Å². The van der Waals surface area contributed by atoms with Gasteiger partial charge in [0.15, 0.2) is 0 Å². The van der Waals surface area contributed by atoms with Gasteiger partial charge in [-0.25, -0.2) is 0 Å². The molecule has 3 nitrogen and oxygen atoms in total. The van der Waals surface area contributed by atoms with Crippen LogP contribution < -0.4 is 11.3 Å². The Morgan fingerprint density at radius 1 is 1.44 bits per heavy atom. The molecule has 0 atom stereocenters. The van der Waals surface area contributed by atoms with Crippen LogP contribution in [0.4, 0.5) is 0 Å². The normalized spacial score (nSPS) is 7.33. The van der Waals surface area contributed by atoms with Crippen molar-refractivity contribution in [2.45, 2.75) is 6.92 Å². The Bertz CT molecular complexity index is 35.7. The van der Waals surface area contributed by atoms with Gasteiger partial charge in [-0.15, -0.1) is 24.8 Å². The first-order valence-electron chi connectivity index (χ1n) is 2.43. The van der Waals surface area contributed by atoms with Crippen LogP contribution in [0.5, 0.6) is 0 Å². The van der Waals surface area contributed by atoms with Gasteiger partial charge in [0.1, 0.15) is 0 Å². The topological polar surface area (TPSA) is 47.3 Å². The minimum atomic E-state index is 0. The van der Waals surface area contributed by atoms with Crippen LogP contribution in [-0.4, -0.2) is 19.8 Å². The molecule has 0 saturated carbocycles. The highest BCUT2D eigenvalue weighted by molar-refractivity contribution is 5.85. The monoisotopic (exact) mass is 176 g/mol. The largest absolute Gasteiger partial charge is 0.380 e. The summed E-state index contributed by atoms with van der Waals surface area (Å²) in [6.07, 6.45) is 0. The maximum absolute atomic E-state index is 4.94. The smallest absolute Gasteiger partial charge is 0.0604 e. The van der Waals surface area contributed by atoms with Crippen LogP contribution in [0.25, 0.3) is 0 Å². The van der Waals surface area contributed by atoms with E-state index in [4.69, 9.17) is 10.6 Å². The molecule has 0 saturated heterocycles. The molecule has 9 heavy (non-hydrogen) atoms. The molecule has 0 spiro atoms. The number of ether oxygens (including phenoxy) is 1. The first-order chi connectivity index (χ1) is 3.41. The summed E-state index contributed by atoms with van der Waals surface area (Å²) >= 11 is 0. The zero-order valence-electron chi connectivity index (χ0n) is 5.42. The third kappa shape index (κ3) is 17.7. The van der Waals surface area contributed by atoms with E-state index in [2.05, 4.69) is 5.43 Å². The number of hydrazine groups is 1. The van der Waals surface area contributed by atoms with Crippen molar-refractivity contribution < 1.29 is 4.74 Å². The average Bonchev–Trinajstić information content (AvgIpc) is 1.69. The highest BCUT2D eigenvalue weighted by Crippen LogP contribution is 1.66. The molecule has 0 heterocycles. The number of halogens is 2. The van der Waals surface area contributed by atoms with E-state index in [9.17, 15) is 0 Å². The minimum Gasteiger partial charge on any atom is -0.380 e. The summed E-state index contributed by atoms with van der Waals surface area (Å²) in [6, 6.07) is 0. The molecule has 0 rings (SSSR count). The first kappa shape index (κ1) is 16.2. The quantitative estimate of drug-likeness (QED) is 0.369. The third-order valence-electron chi connectivity index (χ3n) is 0.595. The van der Waals surface area contributed by atoms with E-state index in [0.717, 1.165) is 13.2 Å². The van der Waals surface area contributed by atoms with Crippen molar-refractivity contribution in [3.63, 3.8) is 0 Å². The summed E-state index contributed by atoms with van der Waals surface area (Å²) in [4.78, 5) is 0. The summed E-state index contributed by atoms with van der Waals surface area (Å²) in [6.45, 7) is 4.15. The highest BCUT2D eigenvalue weighted by Gasteiger charge is 1.77. The lowest BCUT2D eigenvalue weighted by atomic mass is 10.7. The van der Waals surface area contributed by atoms with Gasteiger partial charge in [0.2, 0.25) is 0 Å². The van der Waals surface area contributed by atoms with Crippen LogP contribution in [0.15, 0.2) is 0 Å². The number of hydrogen-bond acceptors (Lipinski definition) is 3. The SMILES string of the molecule is CCOCCNN.Cl.Cl. The zero-order chi connectivity index (χ0) is 5.54. The van der Waals surface area contributed by atoms with Gasteiger partial charge in [-0.05, 0) is 6.92 Å². The van der Waals surface area contributed by atoms with Crippen LogP contribution in [0.1, 0.15) is 6.92 Å². The van der Waals surface area contributed by atoms with Gasteiger partial charge in [-0.3, -0.25) is 11.3 Å². The fourth-order valence-corrected chi connectivity index (χ4v) is 0.275. The molecule has 0 aromatic rings. The molecule has 3 N–H and O–H groups in total. The maximum Gasteiger partial charge on any atom is 0.0604 e. The fourth-order valence-electron chi connectivity index (χ4n) is 0.275. The van der Waals surface area contributed by atoms with Crippen LogP contribution >= 0.6 is 24.8 Å². The van der Waals surface area contributed by atoms with E-state index in [1.54, 1.807) is 0 Å². The van der Waals surface area contributed by atoms with E-state index in [1.807, 2.05) is 6.92 Å². The predicted octanol–water partition coefficient (Wildman–Crippen LogP) is 0.330. The number of nitrogens with one attached hydrogen (secondary N) is 1. The summed E-state index contributed by atoms with van der Waals surface area (Å²) in [5, 5.41) is 0. The van der Waals surface area contributed by atoms with Crippen molar-refractivity contribution in [2.75, 3.05) is 19.8 Å². The summed E-state index contributed by atoms with van der Waals surface area (Å²) in [5.41, 5.74) is 2.48. The second-order valence-electron chi connectivity index (χ2n) is 1.15. The highest BCUT2D eigenvalue weighted by atomic mass is 35.5. The van der Waals surface area contributed by atoms with E-state index in [0.29, 0.717) is 6.61 Å². The lowest BCUT2D eigenvalue weighted by Crippen LogP contribution is -2.26. The van der Waals surface area contributed by atoms with E-state index in [-0.39, 0.29) is 24.8 Å². The molecular formula is C4H14Cl2N2O. The Labute approximate surface area is 68.1 Å². The minimum absolute atomic E-state index is 0. The van der Waals surface area contributed by atoms with Gasteiger partial charge in [-0.1, -0.05) is 0 Å². The van der Waals surface area contributed by atoms with Crippen molar-refractivity contribution in [3.05, 3.63) is 0 Å². The van der Waals surface area contributed by atoms with Gasteiger partial charge in [0.05, 0.1) is 6.61 Å². The lowest BCUT2D eigenvalue weighted by molar-refractivity contribution is 0.149. The van der Waals surface area contributed by atoms with Crippen molar-refractivity contribution >= 4 is 24.8 Å². The molecule has 0 aliphatic rings. The van der Waals surface area contributed by atoms with Crippen LogP contribution in [0, 0.1) is 0 Å². The molecule has 0 bridgehead atoms. The molecule has 0 aliphatic carbocycles. The summed E-state index contributed by atoms with van der Waals surface area (Å²) in [7, 11) is 0. The number of nitrogens with two attached hydrogens (primary N) is 1. The average molecular weight is 177 g/mol. The van der Waals surface area contributed by atoms with Crippen molar-refractivity contribution in [1.29, 1.82) is 0 Å². The number of rotatable bonds is 4. The van der Waals surface area contributed by atoms with Crippen LogP contribution in [-0.2, 0) is 4.74 Å². The van der Waals surface area contributed by atoms with Gasteiger partial charge in [-0.2, -0.15) is 0 Å². The lowest BCUT2D eigenvalue weighted by Gasteiger charge is -1.96. The standard InChI is InChI=1S/C4H12N2O.2ClH/c1-2-7-4-3-6-5;;/h6H,2-5H2,1H3;2*1H. The molecular weight excluding hydrogens is 163 g/mol. The Morgan fingerprint density at radius 3 is 2.33 bits per heavy atom. The van der Waals surface area contributed by atoms with Gasteiger partial charge < -0.3 is 4.74 Å². The first-order valence-corrected chi connectivity index (χ1v) is 2.43. The molecule has 0 aromatic heterocycles. The zero-order valence-corrected chi connectivity index (χ0v) is 7.06. The molecule has 0 amide bonds. The van der Waals surface area contributed by atoms with Crippen molar-refractivity contribution in [2.24, 2.45) is 5.84 Å². The molecule has 60 valence electrons. The van der Waals surface area contributed by atoms with E-state index < -0.39 is 0 Å². The predicted molar refractivity (Wildman–Crippen MR) is 43.2 cm³/mol. The molecule has 0 fully saturated rings. The Balaban J connectivity index is -0.000000180. The Kier molecular flexibility index (Phi) is 28.5. The van der Waals surface area contributed by atoms with E-state index in [1.165, 1.54) is 0 Å². The van der Waals surface area contributed by atoms with Crippen molar-refractivity contribution in [3.8, 4) is 0 Å².